The quantitative estimate of drug-likeness (QED) is 0.529. The van der Waals surface area contributed by atoms with Crippen LogP contribution in [0.4, 0.5) is 5.69 Å². The number of rotatable bonds is 8. The third kappa shape index (κ3) is 5.98. The lowest BCUT2D eigenvalue weighted by Crippen LogP contribution is -2.43. The lowest BCUT2D eigenvalue weighted by Gasteiger charge is -2.35. The van der Waals surface area contributed by atoms with Crippen molar-refractivity contribution in [1.82, 2.24) is 10.2 Å². The number of thiophene rings is 1. The molecule has 33 heavy (non-hydrogen) atoms. The van der Waals surface area contributed by atoms with Crippen LogP contribution in [0.15, 0.2) is 66.0 Å². The zero-order valence-electron chi connectivity index (χ0n) is 18.5. The van der Waals surface area contributed by atoms with Gasteiger partial charge in [0.05, 0.1) is 31.2 Å². The standard InChI is InChI=1S/C25H27N3O4S/c1-31-21-10-6-18(7-11-21)22(28-12-14-32-15-13-28)17-26-24(29)19-4-8-20(9-5-19)27-25(30)23-3-2-16-33-23/h2-11,16,22H,12-15,17H2,1H3,(H,26,29)(H,27,30)/t22-/m1/s1. The van der Waals surface area contributed by atoms with Gasteiger partial charge >= 0.3 is 0 Å². The number of ether oxygens (including phenoxy) is 2. The summed E-state index contributed by atoms with van der Waals surface area (Å²) in [6.07, 6.45) is 0. The van der Waals surface area contributed by atoms with Gasteiger partial charge in [0, 0.05) is 30.9 Å². The van der Waals surface area contributed by atoms with E-state index in [9.17, 15) is 9.59 Å². The topological polar surface area (TPSA) is 79.9 Å². The Balaban J connectivity index is 1.39. The lowest BCUT2D eigenvalue weighted by molar-refractivity contribution is 0.0162. The Morgan fingerprint density at radius 3 is 2.39 bits per heavy atom. The molecule has 1 aliphatic heterocycles. The summed E-state index contributed by atoms with van der Waals surface area (Å²) < 4.78 is 10.8. The van der Waals surface area contributed by atoms with Gasteiger partial charge in [0.2, 0.25) is 0 Å². The molecule has 8 heteroatoms. The minimum Gasteiger partial charge on any atom is -0.497 e. The van der Waals surface area contributed by atoms with Gasteiger partial charge in [0.25, 0.3) is 11.8 Å². The van der Waals surface area contributed by atoms with Gasteiger partial charge in [-0.15, -0.1) is 11.3 Å². The van der Waals surface area contributed by atoms with Crippen molar-refractivity contribution in [1.29, 1.82) is 0 Å². The molecular weight excluding hydrogens is 438 g/mol. The number of anilines is 1. The minimum absolute atomic E-state index is 0.0353. The Hall–Kier alpha value is -3.20. The van der Waals surface area contributed by atoms with E-state index in [1.807, 2.05) is 35.7 Å². The third-order valence-electron chi connectivity index (χ3n) is 5.59. The first-order valence-corrected chi connectivity index (χ1v) is 11.7. The summed E-state index contributed by atoms with van der Waals surface area (Å²) in [5.41, 5.74) is 2.30. The number of nitrogens with one attached hydrogen (secondary N) is 2. The zero-order valence-corrected chi connectivity index (χ0v) is 19.3. The summed E-state index contributed by atoms with van der Waals surface area (Å²) in [5.74, 6) is 0.489. The van der Waals surface area contributed by atoms with Gasteiger partial charge in [-0.2, -0.15) is 0 Å². The van der Waals surface area contributed by atoms with E-state index in [-0.39, 0.29) is 17.9 Å². The van der Waals surface area contributed by atoms with Gasteiger partial charge in [0.15, 0.2) is 0 Å². The summed E-state index contributed by atoms with van der Waals surface area (Å²) in [4.78, 5) is 28.0. The summed E-state index contributed by atoms with van der Waals surface area (Å²) in [6, 6.07) is 18.5. The number of methoxy groups -OCH3 is 1. The Bertz CT molecular complexity index is 1050. The molecule has 0 aliphatic carbocycles. The van der Waals surface area contributed by atoms with E-state index in [2.05, 4.69) is 15.5 Å². The molecular formula is C25H27N3O4S. The molecule has 2 aromatic carbocycles. The smallest absolute Gasteiger partial charge is 0.265 e. The second-order valence-electron chi connectivity index (χ2n) is 7.66. The number of benzene rings is 2. The molecule has 4 rings (SSSR count). The molecule has 0 saturated carbocycles. The van der Waals surface area contributed by atoms with E-state index in [0.29, 0.717) is 35.9 Å². The average molecular weight is 466 g/mol. The third-order valence-corrected chi connectivity index (χ3v) is 6.46. The monoisotopic (exact) mass is 465 g/mol. The van der Waals surface area contributed by atoms with Crippen LogP contribution < -0.4 is 15.4 Å². The molecule has 0 spiro atoms. The number of hydrogen-bond acceptors (Lipinski definition) is 6. The Kier molecular flexibility index (Phi) is 7.72. The first-order valence-electron chi connectivity index (χ1n) is 10.8. The van der Waals surface area contributed by atoms with Gasteiger partial charge in [0.1, 0.15) is 5.75 Å². The highest BCUT2D eigenvalue weighted by atomic mass is 32.1. The number of hydrogen-bond donors (Lipinski definition) is 2. The maximum atomic E-state index is 12.8. The van der Waals surface area contributed by atoms with Crippen molar-refractivity contribution in [3.63, 3.8) is 0 Å². The van der Waals surface area contributed by atoms with Crippen molar-refractivity contribution >= 4 is 28.8 Å². The van der Waals surface area contributed by atoms with Crippen molar-refractivity contribution in [2.45, 2.75) is 6.04 Å². The van der Waals surface area contributed by atoms with E-state index in [1.54, 1.807) is 37.4 Å². The van der Waals surface area contributed by atoms with Crippen LogP contribution in [0.5, 0.6) is 5.75 Å². The maximum absolute atomic E-state index is 12.8. The van der Waals surface area contributed by atoms with Gasteiger partial charge in [-0.05, 0) is 53.4 Å². The van der Waals surface area contributed by atoms with Crippen LogP contribution in [-0.2, 0) is 4.74 Å². The fourth-order valence-electron chi connectivity index (χ4n) is 3.77. The predicted molar refractivity (Wildman–Crippen MR) is 129 cm³/mol. The molecule has 3 aromatic rings. The first-order chi connectivity index (χ1) is 16.1. The molecule has 172 valence electrons. The fourth-order valence-corrected chi connectivity index (χ4v) is 4.39. The van der Waals surface area contributed by atoms with Gasteiger partial charge in [-0.1, -0.05) is 18.2 Å². The van der Waals surface area contributed by atoms with E-state index in [1.165, 1.54) is 11.3 Å². The second kappa shape index (κ2) is 11.1. The Labute approximate surface area is 197 Å². The molecule has 2 N–H and O–H groups in total. The molecule has 2 amide bonds. The number of morpholine rings is 1. The Morgan fingerprint density at radius 1 is 1.03 bits per heavy atom. The summed E-state index contributed by atoms with van der Waals surface area (Å²) in [6.45, 7) is 3.46. The summed E-state index contributed by atoms with van der Waals surface area (Å²) in [5, 5.41) is 7.77. The van der Waals surface area contributed by atoms with Crippen LogP contribution in [0.1, 0.15) is 31.6 Å². The predicted octanol–water partition coefficient (Wildman–Crippen LogP) is 3.81. The maximum Gasteiger partial charge on any atom is 0.265 e. The number of carbonyl (C=O) groups is 2. The minimum atomic E-state index is -0.157. The van der Waals surface area contributed by atoms with Crippen LogP contribution in [0, 0.1) is 0 Å². The average Bonchev–Trinajstić information content (AvgIpc) is 3.41. The molecule has 0 unspecified atom stereocenters. The highest BCUT2D eigenvalue weighted by Gasteiger charge is 2.23. The van der Waals surface area contributed by atoms with Crippen LogP contribution in [-0.4, -0.2) is 56.7 Å². The van der Waals surface area contributed by atoms with Crippen molar-refractivity contribution in [2.24, 2.45) is 0 Å². The van der Waals surface area contributed by atoms with Crippen LogP contribution >= 0.6 is 11.3 Å². The van der Waals surface area contributed by atoms with Gasteiger partial charge < -0.3 is 20.1 Å². The second-order valence-corrected chi connectivity index (χ2v) is 8.60. The molecule has 0 bridgehead atoms. The van der Waals surface area contributed by atoms with Crippen molar-refractivity contribution < 1.29 is 19.1 Å². The van der Waals surface area contributed by atoms with Crippen LogP contribution in [0.3, 0.4) is 0 Å². The molecule has 1 fully saturated rings. The Morgan fingerprint density at radius 2 is 1.76 bits per heavy atom. The number of amides is 2. The number of nitrogens with zero attached hydrogens (tertiary/aromatic N) is 1. The highest BCUT2D eigenvalue weighted by molar-refractivity contribution is 7.12. The molecule has 2 heterocycles. The fraction of sp³-hybridized carbons (Fsp3) is 0.280. The largest absolute Gasteiger partial charge is 0.497 e. The SMILES string of the molecule is COc1ccc([C@@H](CNC(=O)c2ccc(NC(=O)c3cccs3)cc2)N2CCOCC2)cc1. The van der Waals surface area contributed by atoms with Crippen molar-refractivity contribution in [3.8, 4) is 5.75 Å². The van der Waals surface area contributed by atoms with E-state index in [0.717, 1.165) is 24.4 Å². The number of carbonyl (C=O) groups excluding carboxylic acids is 2. The zero-order chi connectivity index (χ0) is 23.0. The molecule has 1 saturated heterocycles. The highest BCUT2D eigenvalue weighted by Crippen LogP contribution is 2.24. The molecule has 0 radical (unpaired) electrons. The molecule has 1 aromatic heterocycles. The van der Waals surface area contributed by atoms with Gasteiger partial charge in [-0.3, -0.25) is 14.5 Å². The van der Waals surface area contributed by atoms with E-state index >= 15 is 0 Å². The normalized spacial score (nSPS) is 14.9. The first kappa shape index (κ1) is 23.0. The molecule has 1 aliphatic rings. The molecule has 7 nitrogen and oxygen atoms in total. The van der Waals surface area contributed by atoms with Gasteiger partial charge in [-0.25, -0.2) is 0 Å². The van der Waals surface area contributed by atoms with E-state index < -0.39 is 0 Å². The summed E-state index contributed by atoms with van der Waals surface area (Å²) >= 11 is 1.38. The lowest BCUT2D eigenvalue weighted by atomic mass is 10.0. The van der Waals surface area contributed by atoms with Crippen molar-refractivity contribution in [3.05, 3.63) is 82.0 Å². The van der Waals surface area contributed by atoms with Crippen molar-refractivity contribution in [2.75, 3.05) is 45.3 Å². The van der Waals surface area contributed by atoms with E-state index in [4.69, 9.17) is 9.47 Å². The van der Waals surface area contributed by atoms with Crippen LogP contribution in [0.2, 0.25) is 0 Å². The molecule has 1 atom stereocenters. The van der Waals surface area contributed by atoms with Crippen LogP contribution in [0.25, 0.3) is 0 Å². The summed E-state index contributed by atoms with van der Waals surface area (Å²) in [7, 11) is 1.65.